The van der Waals surface area contributed by atoms with Crippen molar-refractivity contribution < 1.29 is 18.6 Å². The van der Waals surface area contributed by atoms with Crippen LogP contribution in [-0.2, 0) is 6.54 Å². The number of aromatic hydroxyl groups is 1. The molecule has 112 valence electrons. The van der Waals surface area contributed by atoms with Gasteiger partial charge in [0.15, 0.2) is 0 Å². The highest BCUT2D eigenvalue weighted by atomic mass is 19.3. The third-order valence-corrected chi connectivity index (χ3v) is 3.00. The summed E-state index contributed by atoms with van der Waals surface area (Å²) in [5, 5.41) is 12.3. The van der Waals surface area contributed by atoms with Crippen molar-refractivity contribution in [1.29, 1.82) is 0 Å². The van der Waals surface area contributed by atoms with Crippen molar-refractivity contribution in [2.24, 2.45) is 0 Å². The van der Waals surface area contributed by atoms with Crippen molar-refractivity contribution >= 4 is 0 Å². The smallest absolute Gasteiger partial charge is 0.387 e. The van der Waals surface area contributed by atoms with Gasteiger partial charge in [0.05, 0.1) is 11.9 Å². The van der Waals surface area contributed by atoms with Crippen molar-refractivity contribution in [3.63, 3.8) is 0 Å². The van der Waals surface area contributed by atoms with Crippen molar-refractivity contribution in [2.75, 3.05) is 0 Å². The standard InChI is InChI=1S/C15H16F2N2O2/c1-10(18-8-11-6-7-12(20)9-19-11)13-4-2-3-5-14(13)21-15(16)17/h2-7,9-10,15,18,20H,8H2,1H3. The summed E-state index contributed by atoms with van der Waals surface area (Å²) >= 11 is 0. The highest BCUT2D eigenvalue weighted by molar-refractivity contribution is 5.35. The first kappa shape index (κ1) is 15.2. The number of aromatic nitrogens is 1. The number of pyridine rings is 1. The van der Waals surface area contributed by atoms with E-state index in [0.29, 0.717) is 12.1 Å². The van der Waals surface area contributed by atoms with E-state index in [0.717, 1.165) is 5.69 Å². The number of hydrogen-bond donors (Lipinski definition) is 2. The fourth-order valence-corrected chi connectivity index (χ4v) is 1.93. The van der Waals surface area contributed by atoms with E-state index in [2.05, 4.69) is 15.0 Å². The summed E-state index contributed by atoms with van der Waals surface area (Å²) in [7, 11) is 0. The maximum atomic E-state index is 12.4. The van der Waals surface area contributed by atoms with Gasteiger partial charge in [0.25, 0.3) is 0 Å². The highest BCUT2D eigenvalue weighted by Crippen LogP contribution is 2.26. The molecule has 6 heteroatoms. The van der Waals surface area contributed by atoms with Crippen LogP contribution in [0.1, 0.15) is 24.2 Å². The first-order valence-corrected chi connectivity index (χ1v) is 6.47. The summed E-state index contributed by atoms with van der Waals surface area (Å²) in [4.78, 5) is 4.05. The average Bonchev–Trinajstić information content (AvgIpc) is 2.46. The number of para-hydroxylation sites is 1. The minimum atomic E-state index is -2.85. The Balaban J connectivity index is 2.03. The number of ether oxygens (including phenoxy) is 1. The molecule has 0 saturated heterocycles. The molecule has 0 fully saturated rings. The Morgan fingerprint density at radius 1 is 1.24 bits per heavy atom. The molecule has 2 aromatic rings. The number of nitrogens with one attached hydrogen (secondary N) is 1. The van der Waals surface area contributed by atoms with Gasteiger partial charge in [0, 0.05) is 18.2 Å². The third kappa shape index (κ3) is 4.39. The van der Waals surface area contributed by atoms with Gasteiger partial charge >= 0.3 is 6.61 Å². The maximum Gasteiger partial charge on any atom is 0.387 e. The number of nitrogens with zero attached hydrogens (tertiary/aromatic N) is 1. The summed E-state index contributed by atoms with van der Waals surface area (Å²) in [5.74, 6) is 0.258. The van der Waals surface area contributed by atoms with E-state index in [1.165, 1.54) is 12.3 Å². The van der Waals surface area contributed by atoms with E-state index < -0.39 is 6.61 Å². The molecule has 1 aromatic carbocycles. The van der Waals surface area contributed by atoms with Gasteiger partial charge in [0.1, 0.15) is 11.5 Å². The van der Waals surface area contributed by atoms with Crippen LogP contribution in [-0.4, -0.2) is 16.7 Å². The maximum absolute atomic E-state index is 12.4. The SMILES string of the molecule is CC(NCc1ccc(O)cn1)c1ccccc1OC(F)F. The minimum Gasteiger partial charge on any atom is -0.506 e. The van der Waals surface area contributed by atoms with Crippen molar-refractivity contribution in [3.8, 4) is 11.5 Å². The molecule has 1 aromatic heterocycles. The minimum absolute atomic E-state index is 0.0995. The van der Waals surface area contributed by atoms with Gasteiger partial charge in [-0.1, -0.05) is 18.2 Å². The molecule has 0 aliphatic carbocycles. The number of halogens is 2. The second-order valence-electron chi connectivity index (χ2n) is 4.53. The van der Waals surface area contributed by atoms with E-state index >= 15 is 0 Å². The predicted octanol–water partition coefficient (Wildman–Crippen LogP) is 3.24. The monoisotopic (exact) mass is 294 g/mol. The van der Waals surface area contributed by atoms with E-state index in [-0.39, 0.29) is 17.5 Å². The summed E-state index contributed by atoms with van der Waals surface area (Å²) < 4.78 is 29.3. The van der Waals surface area contributed by atoms with Gasteiger partial charge in [-0.3, -0.25) is 4.98 Å². The second kappa shape index (κ2) is 6.99. The molecular formula is C15H16F2N2O2. The van der Waals surface area contributed by atoms with E-state index in [4.69, 9.17) is 5.11 Å². The summed E-state index contributed by atoms with van der Waals surface area (Å²) in [5.41, 5.74) is 1.39. The lowest BCUT2D eigenvalue weighted by molar-refractivity contribution is -0.0506. The van der Waals surface area contributed by atoms with Crippen LogP contribution in [0.4, 0.5) is 8.78 Å². The van der Waals surface area contributed by atoms with Crippen LogP contribution in [0.2, 0.25) is 0 Å². The number of rotatable bonds is 6. The Kier molecular flexibility index (Phi) is 5.05. The summed E-state index contributed by atoms with van der Waals surface area (Å²) in [6.45, 7) is -0.546. The van der Waals surface area contributed by atoms with Gasteiger partial charge in [-0.2, -0.15) is 8.78 Å². The van der Waals surface area contributed by atoms with Gasteiger partial charge in [-0.05, 0) is 25.1 Å². The molecule has 0 spiro atoms. The first-order valence-electron chi connectivity index (χ1n) is 6.47. The molecule has 0 bridgehead atoms. The molecule has 0 radical (unpaired) electrons. The van der Waals surface area contributed by atoms with Crippen LogP contribution < -0.4 is 10.1 Å². The third-order valence-electron chi connectivity index (χ3n) is 3.00. The number of hydrogen-bond acceptors (Lipinski definition) is 4. The lowest BCUT2D eigenvalue weighted by atomic mass is 10.1. The fourth-order valence-electron chi connectivity index (χ4n) is 1.93. The van der Waals surface area contributed by atoms with Crippen LogP contribution in [0.5, 0.6) is 11.5 Å². The molecule has 1 unspecified atom stereocenters. The Bertz CT molecular complexity index is 576. The lowest BCUT2D eigenvalue weighted by Crippen LogP contribution is -2.20. The van der Waals surface area contributed by atoms with E-state index in [1.54, 1.807) is 30.3 Å². The molecule has 2 rings (SSSR count). The van der Waals surface area contributed by atoms with E-state index in [9.17, 15) is 8.78 Å². The van der Waals surface area contributed by atoms with Crippen LogP contribution in [0.15, 0.2) is 42.6 Å². The zero-order chi connectivity index (χ0) is 15.2. The molecule has 0 aliphatic heterocycles. The molecule has 2 N–H and O–H groups in total. The lowest BCUT2D eigenvalue weighted by Gasteiger charge is -2.17. The van der Waals surface area contributed by atoms with Gasteiger partial charge in [-0.15, -0.1) is 0 Å². The average molecular weight is 294 g/mol. The Labute approximate surface area is 121 Å². The largest absolute Gasteiger partial charge is 0.506 e. The van der Waals surface area contributed by atoms with Crippen molar-refractivity contribution in [1.82, 2.24) is 10.3 Å². The Morgan fingerprint density at radius 2 is 2.00 bits per heavy atom. The Hall–Kier alpha value is -2.21. The molecule has 4 nitrogen and oxygen atoms in total. The summed E-state index contributed by atoms with van der Waals surface area (Å²) in [6.07, 6.45) is 1.36. The molecule has 0 saturated carbocycles. The fraction of sp³-hybridized carbons (Fsp3) is 0.267. The van der Waals surface area contributed by atoms with Crippen LogP contribution in [0, 0.1) is 0 Å². The van der Waals surface area contributed by atoms with Gasteiger partial charge in [0.2, 0.25) is 0 Å². The Morgan fingerprint density at radius 3 is 2.67 bits per heavy atom. The first-order chi connectivity index (χ1) is 10.1. The molecule has 1 heterocycles. The molecule has 0 aliphatic rings. The number of alkyl halides is 2. The predicted molar refractivity (Wildman–Crippen MR) is 74.2 cm³/mol. The molecular weight excluding hydrogens is 278 g/mol. The zero-order valence-corrected chi connectivity index (χ0v) is 11.5. The van der Waals surface area contributed by atoms with Crippen molar-refractivity contribution in [2.45, 2.75) is 26.1 Å². The van der Waals surface area contributed by atoms with Crippen LogP contribution in [0.3, 0.4) is 0 Å². The molecule has 21 heavy (non-hydrogen) atoms. The normalized spacial score (nSPS) is 12.4. The number of benzene rings is 1. The highest BCUT2D eigenvalue weighted by Gasteiger charge is 2.14. The topological polar surface area (TPSA) is 54.4 Å². The van der Waals surface area contributed by atoms with Crippen molar-refractivity contribution in [3.05, 3.63) is 53.9 Å². The van der Waals surface area contributed by atoms with Crippen LogP contribution >= 0.6 is 0 Å². The quantitative estimate of drug-likeness (QED) is 0.858. The second-order valence-corrected chi connectivity index (χ2v) is 4.53. The molecule has 1 atom stereocenters. The van der Waals surface area contributed by atoms with Gasteiger partial charge in [-0.25, -0.2) is 0 Å². The summed E-state index contributed by atoms with van der Waals surface area (Å²) in [6, 6.07) is 9.72. The zero-order valence-electron chi connectivity index (χ0n) is 11.5. The molecule has 0 amide bonds. The van der Waals surface area contributed by atoms with E-state index in [1.807, 2.05) is 6.92 Å². The van der Waals surface area contributed by atoms with Crippen LogP contribution in [0.25, 0.3) is 0 Å². The van der Waals surface area contributed by atoms with Gasteiger partial charge < -0.3 is 15.2 Å².